The minimum atomic E-state index is -0.848. The summed E-state index contributed by atoms with van der Waals surface area (Å²) in [5.41, 5.74) is 1.04. The van der Waals surface area contributed by atoms with Gasteiger partial charge in [0.25, 0.3) is 0 Å². The average molecular weight is 357 g/mol. The number of hydrogen-bond donors (Lipinski definition) is 2. The SMILES string of the molecule is CC(C)N(Cc1cccc(Br)c1)C(=O)NCCCC(=O)O. The lowest BCUT2D eigenvalue weighted by molar-refractivity contribution is -0.137. The van der Waals surface area contributed by atoms with E-state index in [1.165, 1.54) is 0 Å². The number of nitrogens with one attached hydrogen (secondary N) is 1. The molecule has 0 bridgehead atoms. The number of hydrogen-bond acceptors (Lipinski definition) is 2. The average Bonchev–Trinajstić information content (AvgIpc) is 2.40. The van der Waals surface area contributed by atoms with Crippen LogP contribution in [0.4, 0.5) is 4.79 Å². The van der Waals surface area contributed by atoms with Gasteiger partial charge in [0.1, 0.15) is 0 Å². The summed E-state index contributed by atoms with van der Waals surface area (Å²) in [5.74, 6) is -0.848. The third kappa shape index (κ3) is 6.62. The fraction of sp³-hybridized carbons (Fsp3) is 0.467. The third-order valence-electron chi connectivity index (χ3n) is 2.97. The Balaban J connectivity index is 2.56. The van der Waals surface area contributed by atoms with Gasteiger partial charge in [0.2, 0.25) is 0 Å². The van der Waals surface area contributed by atoms with E-state index in [1.807, 2.05) is 38.1 Å². The van der Waals surface area contributed by atoms with E-state index in [0.717, 1.165) is 10.0 Å². The predicted octanol–water partition coefficient (Wildman–Crippen LogP) is 3.23. The second-order valence-corrected chi connectivity index (χ2v) is 6.00. The minimum absolute atomic E-state index is 0.0588. The Bertz CT molecular complexity index is 492. The van der Waals surface area contributed by atoms with Crippen molar-refractivity contribution >= 4 is 27.9 Å². The molecule has 0 unspecified atom stereocenters. The number of amides is 2. The molecule has 116 valence electrons. The second kappa shape index (κ2) is 8.67. The summed E-state index contributed by atoms with van der Waals surface area (Å²) >= 11 is 3.42. The minimum Gasteiger partial charge on any atom is -0.481 e. The lowest BCUT2D eigenvalue weighted by Crippen LogP contribution is -2.43. The number of carboxylic acid groups (broad SMARTS) is 1. The van der Waals surface area contributed by atoms with Gasteiger partial charge in [-0.25, -0.2) is 4.79 Å². The van der Waals surface area contributed by atoms with Crippen molar-refractivity contribution in [1.82, 2.24) is 10.2 Å². The Morgan fingerprint density at radius 1 is 1.38 bits per heavy atom. The number of carbonyl (C=O) groups excluding carboxylic acids is 1. The van der Waals surface area contributed by atoms with Crippen LogP contribution < -0.4 is 5.32 Å². The van der Waals surface area contributed by atoms with Crippen LogP contribution in [-0.4, -0.2) is 34.6 Å². The van der Waals surface area contributed by atoms with Crippen molar-refractivity contribution in [2.45, 2.75) is 39.3 Å². The number of aliphatic carboxylic acids is 1. The van der Waals surface area contributed by atoms with Crippen molar-refractivity contribution < 1.29 is 14.7 Å². The van der Waals surface area contributed by atoms with Crippen molar-refractivity contribution in [1.29, 1.82) is 0 Å². The molecule has 21 heavy (non-hydrogen) atoms. The molecular formula is C15H21BrN2O3. The summed E-state index contributed by atoms with van der Waals surface area (Å²) in [7, 11) is 0. The van der Waals surface area contributed by atoms with Crippen LogP contribution in [0.5, 0.6) is 0 Å². The topological polar surface area (TPSA) is 69.6 Å². The highest BCUT2D eigenvalue weighted by atomic mass is 79.9. The van der Waals surface area contributed by atoms with E-state index in [1.54, 1.807) is 4.90 Å². The summed E-state index contributed by atoms with van der Waals surface area (Å²) in [6, 6.07) is 7.71. The van der Waals surface area contributed by atoms with Gasteiger partial charge < -0.3 is 15.3 Å². The smallest absolute Gasteiger partial charge is 0.317 e. The zero-order valence-corrected chi connectivity index (χ0v) is 13.9. The van der Waals surface area contributed by atoms with Crippen LogP contribution in [-0.2, 0) is 11.3 Å². The molecule has 6 heteroatoms. The Labute approximate surface area is 133 Å². The van der Waals surface area contributed by atoms with Crippen LogP contribution in [0.25, 0.3) is 0 Å². The van der Waals surface area contributed by atoms with Crippen LogP contribution in [0.2, 0.25) is 0 Å². The fourth-order valence-electron chi connectivity index (χ4n) is 1.86. The van der Waals surface area contributed by atoms with Gasteiger partial charge in [-0.15, -0.1) is 0 Å². The molecular weight excluding hydrogens is 336 g/mol. The molecule has 0 atom stereocenters. The zero-order valence-electron chi connectivity index (χ0n) is 12.3. The molecule has 0 radical (unpaired) electrons. The molecule has 0 aliphatic heterocycles. The zero-order chi connectivity index (χ0) is 15.8. The first-order valence-electron chi connectivity index (χ1n) is 6.91. The molecule has 0 heterocycles. The highest BCUT2D eigenvalue weighted by molar-refractivity contribution is 9.10. The normalized spacial score (nSPS) is 10.5. The quantitative estimate of drug-likeness (QED) is 0.736. The van der Waals surface area contributed by atoms with Gasteiger partial charge in [-0.1, -0.05) is 28.1 Å². The lowest BCUT2D eigenvalue weighted by Gasteiger charge is -2.27. The molecule has 0 saturated carbocycles. The maximum atomic E-state index is 12.2. The van der Waals surface area contributed by atoms with Gasteiger partial charge in [-0.2, -0.15) is 0 Å². The monoisotopic (exact) mass is 356 g/mol. The number of carbonyl (C=O) groups is 2. The van der Waals surface area contributed by atoms with Crippen LogP contribution in [0.15, 0.2) is 28.7 Å². The van der Waals surface area contributed by atoms with Gasteiger partial charge in [0.15, 0.2) is 0 Å². The first kappa shape index (κ1) is 17.5. The molecule has 2 amide bonds. The summed E-state index contributed by atoms with van der Waals surface area (Å²) in [5, 5.41) is 11.3. The molecule has 0 aliphatic carbocycles. The standard InChI is InChI=1S/C15H21BrN2O3/c1-11(2)18(10-12-5-3-6-13(16)9-12)15(21)17-8-4-7-14(19)20/h3,5-6,9,11H,4,7-8,10H2,1-2H3,(H,17,21)(H,19,20). The third-order valence-corrected chi connectivity index (χ3v) is 3.46. The molecule has 0 aromatic heterocycles. The molecule has 0 fully saturated rings. The summed E-state index contributed by atoms with van der Waals surface area (Å²) in [6.07, 6.45) is 0.498. The van der Waals surface area contributed by atoms with Gasteiger partial charge in [0.05, 0.1) is 0 Å². The molecule has 0 spiro atoms. The van der Waals surface area contributed by atoms with Gasteiger partial charge in [0, 0.05) is 30.0 Å². The van der Waals surface area contributed by atoms with Crippen LogP contribution in [0, 0.1) is 0 Å². The number of halogens is 1. The Kier molecular flexibility index (Phi) is 7.22. The first-order chi connectivity index (χ1) is 9.90. The second-order valence-electron chi connectivity index (χ2n) is 5.08. The van der Waals surface area contributed by atoms with Crippen molar-refractivity contribution in [3.8, 4) is 0 Å². The summed E-state index contributed by atoms with van der Waals surface area (Å²) < 4.78 is 0.977. The fourth-order valence-corrected chi connectivity index (χ4v) is 2.30. The highest BCUT2D eigenvalue weighted by Crippen LogP contribution is 2.14. The van der Waals surface area contributed by atoms with E-state index in [9.17, 15) is 9.59 Å². The van der Waals surface area contributed by atoms with Crippen LogP contribution in [0.3, 0.4) is 0 Å². The number of nitrogens with zero attached hydrogens (tertiary/aromatic N) is 1. The summed E-state index contributed by atoms with van der Waals surface area (Å²) in [4.78, 5) is 24.3. The van der Waals surface area contributed by atoms with Gasteiger partial charge in [-0.05, 0) is 38.0 Å². The lowest BCUT2D eigenvalue weighted by atomic mass is 10.2. The number of rotatable bonds is 7. The largest absolute Gasteiger partial charge is 0.481 e. The molecule has 0 aliphatic rings. The molecule has 1 aromatic rings. The van der Waals surface area contributed by atoms with E-state index >= 15 is 0 Å². The van der Waals surface area contributed by atoms with Gasteiger partial charge >= 0.3 is 12.0 Å². The van der Waals surface area contributed by atoms with Crippen molar-refractivity contribution in [3.63, 3.8) is 0 Å². The molecule has 5 nitrogen and oxygen atoms in total. The van der Waals surface area contributed by atoms with E-state index in [2.05, 4.69) is 21.2 Å². The summed E-state index contributed by atoms with van der Waals surface area (Å²) in [6.45, 7) is 4.79. The molecule has 1 aromatic carbocycles. The number of benzene rings is 1. The van der Waals surface area contributed by atoms with Gasteiger partial charge in [-0.3, -0.25) is 4.79 Å². The Hall–Kier alpha value is -1.56. The van der Waals surface area contributed by atoms with Crippen molar-refractivity contribution in [2.24, 2.45) is 0 Å². The maximum absolute atomic E-state index is 12.2. The van der Waals surface area contributed by atoms with Crippen LogP contribution >= 0.6 is 15.9 Å². The van der Waals surface area contributed by atoms with E-state index < -0.39 is 5.97 Å². The number of urea groups is 1. The Morgan fingerprint density at radius 2 is 2.10 bits per heavy atom. The first-order valence-corrected chi connectivity index (χ1v) is 7.70. The molecule has 0 saturated heterocycles. The molecule has 2 N–H and O–H groups in total. The van der Waals surface area contributed by atoms with E-state index in [4.69, 9.17) is 5.11 Å². The Morgan fingerprint density at radius 3 is 2.67 bits per heavy atom. The predicted molar refractivity (Wildman–Crippen MR) is 85.1 cm³/mol. The molecule has 1 rings (SSSR count). The van der Waals surface area contributed by atoms with E-state index in [0.29, 0.717) is 19.5 Å². The van der Waals surface area contributed by atoms with E-state index in [-0.39, 0.29) is 18.5 Å². The highest BCUT2D eigenvalue weighted by Gasteiger charge is 2.17. The van der Waals surface area contributed by atoms with Crippen LogP contribution in [0.1, 0.15) is 32.3 Å². The maximum Gasteiger partial charge on any atom is 0.317 e. The van der Waals surface area contributed by atoms with Crippen molar-refractivity contribution in [2.75, 3.05) is 6.54 Å². The number of carboxylic acids is 1. The van der Waals surface area contributed by atoms with Crippen molar-refractivity contribution in [3.05, 3.63) is 34.3 Å².